The molecule has 2 aliphatic rings. The summed E-state index contributed by atoms with van der Waals surface area (Å²) >= 11 is 5.10. The van der Waals surface area contributed by atoms with Crippen molar-refractivity contribution in [3.63, 3.8) is 0 Å². The molecule has 2 saturated heterocycles. The second kappa shape index (κ2) is 12.8. The van der Waals surface area contributed by atoms with Crippen LogP contribution in [-0.4, -0.2) is 71.7 Å². The highest BCUT2D eigenvalue weighted by Crippen LogP contribution is 2.36. The number of piperidine rings is 2. The Morgan fingerprint density at radius 3 is 2.52 bits per heavy atom. The fourth-order valence-electron chi connectivity index (χ4n) is 6.90. The number of aromatic nitrogens is 4. The van der Waals surface area contributed by atoms with Gasteiger partial charge >= 0.3 is 0 Å². The molecular formula is C34H34BrFN6O3S. The van der Waals surface area contributed by atoms with Gasteiger partial charge in [-0.15, -0.1) is 11.3 Å². The number of aliphatic hydroxyl groups is 1. The Kier molecular flexibility index (Phi) is 8.62. The minimum atomic E-state index is -1.14. The van der Waals surface area contributed by atoms with Crippen LogP contribution in [0.15, 0.2) is 88.1 Å². The lowest BCUT2D eigenvalue weighted by molar-refractivity contribution is -0.142. The van der Waals surface area contributed by atoms with Crippen LogP contribution >= 0.6 is 27.3 Å². The lowest BCUT2D eigenvalue weighted by Crippen LogP contribution is -2.53. The number of likely N-dealkylation sites (tertiary alicyclic amines) is 2. The van der Waals surface area contributed by atoms with Gasteiger partial charge in [0.1, 0.15) is 12.1 Å². The van der Waals surface area contributed by atoms with Crippen LogP contribution in [0, 0.1) is 11.7 Å². The lowest BCUT2D eigenvalue weighted by atomic mass is 9.79. The van der Waals surface area contributed by atoms with E-state index in [1.54, 1.807) is 40.3 Å². The molecule has 0 aliphatic carbocycles. The molecule has 9 nitrogen and oxygen atoms in total. The van der Waals surface area contributed by atoms with E-state index in [0.29, 0.717) is 42.7 Å². The van der Waals surface area contributed by atoms with Crippen molar-refractivity contribution in [3.05, 3.63) is 110 Å². The average molecular weight is 706 g/mol. The van der Waals surface area contributed by atoms with Gasteiger partial charge in [-0.25, -0.2) is 14.4 Å². The van der Waals surface area contributed by atoms with Crippen molar-refractivity contribution in [1.29, 1.82) is 0 Å². The third-order valence-electron chi connectivity index (χ3n) is 9.39. The van der Waals surface area contributed by atoms with Gasteiger partial charge in [-0.05, 0) is 77.6 Å². The molecule has 2 aromatic carbocycles. The number of carbonyl (C=O) groups is 1. The maximum atomic E-state index is 14.0. The first kappa shape index (κ1) is 30.9. The Morgan fingerprint density at radius 2 is 1.80 bits per heavy atom. The molecule has 0 bridgehead atoms. The Bertz CT molecular complexity index is 1900. The smallest absolute Gasteiger partial charge is 0.262 e. The molecule has 2 atom stereocenters. The molecule has 238 valence electrons. The van der Waals surface area contributed by atoms with Crippen LogP contribution in [0.5, 0.6) is 0 Å². The first-order valence-corrected chi connectivity index (χ1v) is 17.1. The number of nitrogens with zero attached hydrogens (tertiary/aromatic N) is 6. The minimum absolute atomic E-state index is 0.0678. The van der Waals surface area contributed by atoms with E-state index in [1.165, 1.54) is 33.5 Å². The third-order valence-corrected chi connectivity index (χ3v) is 10.9. The molecule has 0 saturated carbocycles. The summed E-state index contributed by atoms with van der Waals surface area (Å²) in [4.78, 5) is 41.8. The summed E-state index contributed by atoms with van der Waals surface area (Å²) in [7, 11) is 0. The fraction of sp³-hybridized carbons (Fsp3) is 0.353. The number of halogens is 2. The second-order valence-corrected chi connectivity index (χ2v) is 14.7. The summed E-state index contributed by atoms with van der Waals surface area (Å²) in [5.74, 6) is -0.275. The van der Waals surface area contributed by atoms with Crippen molar-refractivity contribution in [2.45, 2.75) is 43.9 Å². The number of rotatable bonds is 7. The van der Waals surface area contributed by atoms with E-state index in [1.807, 2.05) is 29.3 Å². The van der Waals surface area contributed by atoms with Crippen molar-refractivity contribution in [3.8, 4) is 5.69 Å². The van der Waals surface area contributed by atoms with Crippen LogP contribution in [0.1, 0.15) is 35.6 Å². The van der Waals surface area contributed by atoms with E-state index in [2.05, 4.69) is 42.9 Å². The van der Waals surface area contributed by atoms with Gasteiger partial charge in [0.15, 0.2) is 9.56 Å². The lowest BCUT2D eigenvalue weighted by Gasteiger charge is -2.43. The Morgan fingerprint density at radius 1 is 1.04 bits per heavy atom. The predicted molar refractivity (Wildman–Crippen MR) is 178 cm³/mol. The van der Waals surface area contributed by atoms with Gasteiger partial charge in [-0.1, -0.05) is 30.3 Å². The first-order valence-electron chi connectivity index (χ1n) is 15.5. The van der Waals surface area contributed by atoms with Crippen LogP contribution < -0.4 is 5.56 Å². The van der Waals surface area contributed by atoms with Gasteiger partial charge in [0.05, 0.1) is 17.5 Å². The highest BCUT2D eigenvalue weighted by molar-refractivity contribution is 9.11. The van der Waals surface area contributed by atoms with Gasteiger partial charge in [-0.2, -0.15) is 0 Å². The zero-order chi connectivity index (χ0) is 31.8. The van der Waals surface area contributed by atoms with E-state index in [4.69, 9.17) is 0 Å². The highest BCUT2D eigenvalue weighted by atomic mass is 79.9. The molecular weight excluding hydrogens is 671 g/mol. The molecule has 2 fully saturated rings. The van der Waals surface area contributed by atoms with Crippen LogP contribution in [0.25, 0.3) is 16.7 Å². The molecule has 1 N–H and O–H groups in total. The molecule has 12 heteroatoms. The van der Waals surface area contributed by atoms with Crippen molar-refractivity contribution in [2.75, 3.05) is 26.2 Å². The van der Waals surface area contributed by atoms with Crippen LogP contribution in [-0.2, 0) is 17.9 Å². The zero-order valence-electron chi connectivity index (χ0n) is 25.1. The monoisotopic (exact) mass is 704 g/mol. The Hall–Kier alpha value is -3.71. The predicted octanol–water partition coefficient (Wildman–Crippen LogP) is 5.20. The molecule has 3 aromatic heterocycles. The van der Waals surface area contributed by atoms with E-state index in [0.717, 1.165) is 30.0 Å². The molecule has 5 aromatic rings. The summed E-state index contributed by atoms with van der Waals surface area (Å²) < 4.78 is 17.5. The summed E-state index contributed by atoms with van der Waals surface area (Å²) in [5, 5.41) is 12.0. The number of amides is 1. The largest absolute Gasteiger partial charge is 0.388 e. The fourth-order valence-corrected chi connectivity index (χ4v) is 8.30. The maximum absolute atomic E-state index is 14.0. The number of hydrogen-bond acceptors (Lipinski definition) is 7. The molecule has 0 unspecified atom stereocenters. The average Bonchev–Trinajstić information content (AvgIpc) is 3.69. The van der Waals surface area contributed by atoms with E-state index in [9.17, 15) is 19.1 Å². The van der Waals surface area contributed by atoms with Crippen LogP contribution in [0.2, 0.25) is 0 Å². The molecule has 46 heavy (non-hydrogen) atoms. The van der Waals surface area contributed by atoms with Crippen molar-refractivity contribution in [1.82, 2.24) is 28.9 Å². The Labute approximate surface area is 278 Å². The van der Waals surface area contributed by atoms with Gasteiger partial charge in [0, 0.05) is 61.0 Å². The third kappa shape index (κ3) is 6.31. The normalized spacial score (nSPS) is 20.3. The van der Waals surface area contributed by atoms with Gasteiger partial charge in [-0.3, -0.25) is 19.1 Å². The number of fused-ring (bicyclic) bond motifs is 1. The standard InChI is InChI=1S/C34H34BrFN6O3S/c35-33-37-18-26(46-33)19-39-14-10-27(29(20-39)23-4-2-1-3-5-23)31(43)40-16-12-34(45,13-17-40)21-41-22-38-30-28(32(41)44)11-15-42(30)25-8-6-24(36)7-9-25/h1-9,11,15,18,22,27,29,45H,10,12-14,16-17,19-21H2/t27-,29+/m1/s1. The maximum Gasteiger partial charge on any atom is 0.262 e. The molecule has 0 radical (unpaired) electrons. The van der Waals surface area contributed by atoms with Crippen LogP contribution in [0.4, 0.5) is 4.39 Å². The molecule has 2 aliphatic heterocycles. The van der Waals surface area contributed by atoms with Gasteiger partial charge < -0.3 is 14.6 Å². The topological polar surface area (TPSA) is 96.5 Å². The number of hydrogen-bond donors (Lipinski definition) is 1. The highest BCUT2D eigenvalue weighted by Gasteiger charge is 2.41. The summed E-state index contributed by atoms with van der Waals surface area (Å²) in [6.45, 7) is 3.37. The SMILES string of the molecule is O=C([C@@H]1CCN(Cc2cnc(Br)s2)C[C@H]1c1ccccc1)N1CCC(O)(Cn2cnc3c(ccn3-c3ccc(F)cc3)c2=O)CC1. The molecule has 1 amide bonds. The number of thiazole rings is 1. The zero-order valence-corrected chi connectivity index (χ0v) is 27.5. The summed E-state index contributed by atoms with van der Waals surface area (Å²) in [5.41, 5.74) is 0.950. The number of carbonyl (C=O) groups excluding carboxylic acids is 1. The van der Waals surface area contributed by atoms with E-state index < -0.39 is 5.60 Å². The van der Waals surface area contributed by atoms with Crippen LogP contribution in [0.3, 0.4) is 0 Å². The van der Waals surface area contributed by atoms with Crippen molar-refractivity contribution >= 4 is 44.2 Å². The Balaban J connectivity index is 1.03. The molecule has 7 rings (SSSR count). The number of benzene rings is 2. The summed E-state index contributed by atoms with van der Waals surface area (Å²) in [6.07, 6.45) is 6.61. The van der Waals surface area contributed by atoms with E-state index in [-0.39, 0.29) is 35.7 Å². The minimum Gasteiger partial charge on any atom is -0.388 e. The van der Waals surface area contributed by atoms with Gasteiger partial charge in [0.25, 0.3) is 5.56 Å². The first-order chi connectivity index (χ1) is 22.3. The van der Waals surface area contributed by atoms with Crippen molar-refractivity contribution in [2.24, 2.45) is 5.92 Å². The summed E-state index contributed by atoms with van der Waals surface area (Å²) in [6, 6.07) is 18.0. The molecule has 5 heterocycles. The van der Waals surface area contributed by atoms with Crippen molar-refractivity contribution < 1.29 is 14.3 Å². The molecule has 0 spiro atoms. The van der Waals surface area contributed by atoms with E-state index >= 15 is 0 Å². The second-order valence-electron chi connectivity index (χ2n) is 12.4. The van der Waals surface area contributed by atoms with Gasteiger partial charge in [0.2, 0.25) is 5.91 Å². The quantitative estimate of drug-likeness (QED) is 0.250.